The summed E-state index contributed by atoms with van der Waals surface area (Å²) in [5, 5.41) is 12.4. The van der Waals surface area contributed by atoms with Crippen molar-refractivity contribution in [3.8, 4) is 0 Å². The van der Waals surface area contributed by atoms with Crippen molar-refractivity contribution in [2.24, 2.45) is 0 Å². The van der Waals surface area contributed by atoms with Gasteiger partial charge in [0.15, 0.2) is 0 Å². The highest BCUT2D eigenvalue weighted by Gasteiger charge is 2.28. The lowest BCUT2D eigenvalue weighted by Gasteiger charge is -2.29. The van der Waals surface area contributed by atoms with E-state index in [1.807, 2.05) is 23.5 Å². The van der Waals surface area contributed by atoms with E-state index in [4.69, 9.17) is 5.11 Å². The molecule has 5 nitrogen and oxygen atoms in total. The Bertz CT molecular complexity index is 343. The minimum absolute atomic E-state index is 0.0967. The summed E-state index contributed by atoms with van der Waals surface area (Å²) in [6.45, 7) is 0.447. The quantitative estimate of drug-likeness (QED) is 0.810. The molecule has 1 saturated carbocycles. The maximum atomic E-state index is 12.2. The van der Waals surface area contributed by atoms with Gasteiger partial charge in [0, 0.05) is 35.1 Å². The van der Waals surface area contributed by atoms with Crippen molar-refractivity contribution in [3.05, 3.63) is 0 Å². The zero-order chi connectivity index (χ0) is 14.4. The molecular formula is C13H22N2O3S2. The number of hydrogen-bond acceptors (Lipinski definition) is 4. The van der Waals surface area contributed by atoms with Gasteiger partial charge in [0.05, 0.1) is 0 Å². The van der Waals surface area contributed by atoms with Crippen molar-refractivity contribution in [2.45, 2.75) is 37.0 Å². The standard InChI is InChI=1S/C13H22N2O3S2/c16-12(17)8-15(10-3-1-2-4-10)13(18)14-7-11-9-19-5-6-20-11/h10-11H,1-9H2,(H,14,18)(H,16,17). The van der Waals surface area contributed by atoms with E-state index in [9.17, 15) is 9.59 Å². The molecule has 114 valence electrons. The van der Waals surface area contributed by atoms with Crippen LogP contribution in [-0.4, -0.2) is 63.6 Å². The maximum absolute atomic E-state index is 12.2. The van der Waals surface area contributed by atoms with Crippen LogP contribution in [0.5, 0.6) is 0 Å². The second-order valence-electron chi connectivity index (χ2n) is 5.21. The highest BCUT2D eigenvalue weighted by atomic mass is 32.2. The fraction of sp³-hybridized carbons (Fsp3) is 0.846. The third-order valence-electron chi connectivity index (χ3n) is 3.70. The van der Waals surface area contributed by atoms with Crippen molar-refractivity contribution in [1.29, 1.82) is 0 Å². The average Bonchev–Trinajstić information content (AvgIpc) is 2.97. The lowest BCUT2D eigenvalue weighted by molar-refractivity contribution is -0.138. The zero-order valence-corrected chi connectivity index (χ0v) is 13.2. The van der Waals surface area contributed by atoms with E-state index < -0.39 is 5.97 Å². The average molecular weight is 318 g/mol. The van der Waals surface area contributed by atoms with E-state index in [2.05, 4.69) is 5.32 Å². The third-order valence-corrected chi connectivity index (χ3v) is 6.54. The number of urea groups is 1. The van der Waals surface area contributed by atoms with Gasteiger partial charge in [0.25, 0.3) is 0 Å². The molecule has 2 fully saturated rings. The lowest BCUT2D eigenvalue weighted by Crippen LogP contribution is -2.49. The molecule has 2 rings (SSSR count). The van der Waals surface area contributed by atoms with Gasteiger partial charge in [-0.05, 0) is 12.8 Å². The van der Waals surface area contributed by atoms with Gasteiger partial charge in [0.1, 0.15) is 6.54 Å². The molecule has 20 heavy (non-hydrogen) atoms. The molecular weight excluding hydrogens is 296 g/mol. The monoisotopic (exact) mass is 318 g/mol. The van der Waals surface area contributed by atoms with Gasteiger partial charge < -0.3 is 15.3 Å². The Morgan fingerprint density at radius 2 is 2.00 bits per heavy atom. The second kappa shape index (κ2) is 8.02. The van der Waals surface area contributed by atoms with Crippen LogP contribution in [0.15, 0.2) is 0 Å². The van der Waals surface area contributed by atoms with Crippen LogP contribution in [-0.2, 0) is 4.79 Å². The van der Waals surface area contributed by atoms with E-state index in [1.54, 1.807) is 0 Å². The van der Waals surface area contributed by atoms with Crippen LogP contribution < -0.4 is 5.32 Å². The molecule has 1 atom stereocenters. The van der Waals surface area contributed by atoms with Crippen LogP contribution >= 0.6 is 23.5 Å². The summed E-state index contributed by atoms with van der Waals surface area (Å²) in [5.74, 6) is 2.44. The Labute approximate surface area is 128 Å². The molecule has 0 aromatic heterocycles. The van der Waals surface area contributed by atoms with Crippen molar-refractivity contribution in [3.63, 3.8) is 0 Å². The van der Waals surface area contributed by atoms with Crippen molar-refractivity contribution in [1.82, 2.24) is 10.2 Å². The summed E-state index contributed by atoms with van der Waals surface area (Å²) in [6, 6.07) is -0.116. The molecule has 1 aliphatic carbocycles. The van der Waals surface area contributed by atoms with E-state index in [0.717, 1.165) is 37.2 Å². The number of carboxylic acid groups (broad SMARTS) is 1. The Morgan fingerprint density at radius 3 is 2.60 bits per heavy atom. The van der Waals surface area contributed by atoms with Crippen LogP contribution in [0, 0.1) is 0 Å². The molecule has 1 unspecified atom stereocenters. The molecule has 2 amide bonds. The molecule has 7 heteroatoms. The van der Waals surface area contributed by atoms with Gasteiger partial charge in [-0.1, -0.05) is 12.8 Å². The summed E-state index contributed by atoms with van der Waals surface area (Å²) >= 11 is 3.81. The number of carbonyl (C=O) groups excluding carboxylic acids is 1. The topological polar surface area (TPSA) is 69.6 Å². The Hall–Kier alpha value is -0.560. The number of nitrogens with one attached hydrogen (secondary N) is 1. The van der Waals surface area contributed by atoms with Gasteiger partial charge >= 0.3 is 12.0 Å². The van der Waals surface area contributed by atoms with Crippen molar-refractivity contribution >= 4 is 35.5 Å². The van der Waals surface area contributed by atoms with Gasteiger partial charge in [-0.3, -0.25) is 4.79 Å². The first kappa shape index (κ1) is 15.8. The van der Waals surface area contributed by atoms with Crippen molar-refractivity contribution < 1.29 is 14.7 Å². The van der Waals surface area contributed by atoms with Crippen LogP contribution in [0.4, 0.5) is 4.79 Å². The maximum Gasteiger partial charge on any atom is 0.323 e. The second-order valence-corrected chi connectivity index (χ2v) is 7.77. The smallest absolute Gasteiger partial charge is 0.323 e. The molecule has 0 aromatic rings. The Kier molecular flexibility index (Phi) is 6.35. The van der Waals surface area contributed by atoms with E-state index in [0.29, 0.717) is 11.8 Å². The molecule has 1 aliphatic heterocycles. The third kappa shape index (κ3) is 4.77. The molecule has 1 heterocycles. The van der Waals surface area contributed by atoms with Crippen LogP contribution in [0.1, 0.15) is 25.7 Å². The summed E-state index contributed by atoms with van der Waals surface area (Å²) < 4.78 is 0. The molecule has 0 aromatic carbocycles. The van der Waals surface area contributed by atoms with Crippen LogP contribution in [0.2, 0.25) is 0 Å². The van der Waals surface area contributed by atoms with Gasteiger partial charge in [-0.2, -0.15) is 23.5 Å². The number of thioether (sulfide) groups is 2. The van der Waals surface area contributed by atoms with Gasteiger partial charge in [-0.25, -0.2) is 4.79 Å². The molecule has 2 aliphatic rings. The summed E-state index contributed by atoms with van der Waals surface area (Å²) in [4.78, 5) is 24.7. The lowest BCUT2D eigenvalue weighted by atomic mass is 10.2. The highest BCUT2D eigenvalue weighted by Crippen LogP contribution is 2.25. The number of aliphatic carboxylic acids is 1. The first-order valence-corrected chi connectivity index (χ1v) is 9.33. The van der Waals surface area contributed by atoms with Gasteiger partial charge in [0.2, 0.25) is 0 Å². The predicted molar refractivity (Wildman–Crippen MR) is 83.6 cm³/mol. The number of hydrogen-bond donors (Lipinski definition) is 2. The highest BCUT2D eigenvalue weighted by molar-refractivity contribution is 8.06. The molecule has 0 bridgehead atoms. The van der Waals surface area contributed by atoms with Crippen LogP contribution in [0.3, 0.4) is 0 Å². The Morgan fingerprint density at radius 1 is 1.25 bits per heavy atom. The zero-order valence-electron chi connectivity index (χ0n) is 11.5. The fourth-order valence-electron chi connectivity index (χ4n) is 2.69. The minimum Gasteiger partial charge on any atom is -0.480 e. The SMILES string of the molecule is O=C(O)CN(C(=O)NCC1CSCCS1)C1CCCC1. The predicted octanol–water partition coefficient (Wildman–Crippen LogP) is 1.87. The minimum atomic E-state index is -0.936. The number of amides is 2. The number of nitrogens with zero attached hydrogens (tertiary/aromatic N) is 1. The van der Waals surface area contributed by atoms with Gasteiger partial charge in [-0.15, -0.1) is 0 Å². The number of rotatable bonds is 5. The van der Waals surface area contributed by atoms with Crippen LogP contribution in [0.25, 0.3) is 0 Å². The van der Waals surface area contributed by atoms with Crippen molar-refractivity contribution in [2.75, 3.05) is 30.3 Å². The number of carboxylic acids is 1. The normalized spacial score (nSPS) is 23.5. The first-order valence-electron chi connectivity index (χ1n) is 7.12. The largest absolute Gasteiger partial charge is 0.480 e. The van der Waals surface area contributed by atoms with E-state index in [1.165, 1.54) is 10.7 Å². The molecule has 2 N–H and O–H groups in total. The van der Waals surface area contributed by atoms with E-state index >= 15 is 0 Å². The molecule has 0 spiro atoms. The Balaban J connectivity index is 1.83. The fourth-order valence-corrected chi connectivity index (χ4v) is 5.30. The molecule has 1 saturated heterocycles. The van der Waals surface area contributed by atoms with E-state index in [-0.39, 0.29) is 18.6 Å². The summed E-state index contributed by atoms with van der Waals surface area (Å²) in [6.07, 6.45) is 4.02. The number of carbonyl (C=O) groups is 2. The first-order chi connectivity index (χ1) is 9.66. The molecule has 0 radical (unpaired) electrons. The summed E-state index contributed by atoms with van der Waals surface area (Å²) in [5.41, 5.74) is 0. The summed E-state index contributed by atoms with van der Waals surface area (Å²) in [7, 11) is 0.